The van der Waals surface area contributed by atoms with E-state index in [2.05, 4.69) is 35.9 Å². The van der Waals surface area contributed by atoms with Crippen LogP contribution in [0.15, 0.2) is 57.0 Å². The molecule has 1 aliphatic heterocycles. The molecule has 0 unspecified atom stereocenters. The van der Waals surface area contributed by atoms with Crippen LogP contribution in [0.5, 0.6) is 5.75 Å². The Morgan fingerprint density at radius 3 is 2.77 bits per heavy atom. The molecule has 10 heteroatoms. The molecule has 1 atom stereocenters. The van der Waals surface area contributed by atoms with Gasteiger partial charge in [0.05, 0.1) is 11.4 Å². The second-order valence-corrected chi connectivity index (χ2v) is 9.64. The van der Waals surface area contributed by atoms with E-state index < -0.39 is 11.4 Å². The first-order valence-electron chi connectivity index (χ1n) is 11.0. The number of halogens is 2. The fraction of sp³-hybridized carbons (Fsp3) is 0.320. The molecule has 0 saturated carbocycles. The van der Waals surface area contributed by atoms with Gasteiger partial charge in [0.25, 0.3) is 5.56 Å². The predicted octanol–water partition coefficient (Wildman–Crippen LogP) is 4.03. The highest BCUT2D eigenvalue weighted by Gasteiger charge is 2.25. The summed E-state index contributed by atoms with van der Waals surface area (Å²) in [5, 5.41) is 10.3. The Labute approximate surface area is 210 Å². The number of nitrogens with zero attached hydrogens (tertiary/aromatic N) is 5. The highest BCUT2D eigenvalue weighted by atomic mass is 79.9. The van der Waals surface area contributed by atoms with Crippen LogP contribution in [0, 0.1) is 18.7 Å². The average molecular weight is 542 g/mol. The molecule has 0 bridgehead atoms. The lowest BCUT2D eigenvalue weighted by Crippen LogP contribution is -2.29. The first-order valence-corrected chi connectivity index (χ1v) is 11.8. The van der Waals surface area contributed by atoms with Crippen molar-refractivity contribution in [2.75, 3.05) is 6.54 Å². The summed E-state index contributed by atoms with van der Waals surface area (Å²) >= 11 is 3.36. The van der Waals surface area contributed by atoms with E-state index in [-0.39, 0.29) is 34.1 Å². The lowest BCUT2D eigenvalue weighted by Gasteiger charge is -2.24. The Bertz CT molecular complexity index is 1390. The molecule has 8 nitrogen and oxygen atoms in total. The number of aryl methyl sites for hydroxylation is 1. The monoisotopic (exact) mass is 541 g/mol. The molecule has 0 spiro atoms. The van der Waals surface area contributed by atoms with Crippen molar-refractivity contribution in [2.45, 2.75) is 39.9 Å². The lowest BCUT2D eigenvalue weighted by atomic mass is 10.0. The van der Waals surface area contributed by atoms with Crippen molar-refractivity contribution in [3.05, 3.63) is 86.3 Å². The quantitative estimate of drug-likeness (QED) is 0.505. The molecular formula is C25H25BrFN5O3. The maximum atomic E-state index is 13.9. The van der Waals surface area contributed by atoms with Crippen LogP contribution >= 0.6 is 15.9 Å². The summed E-state index contributed by atoms with van der Waals surface area (Å²) in [6.07, 6.45) is 4.89. The summed E-state index contributed by atoms with van der Waals surface area (Å²) in [5.41, 5.74) is 1.21. The van der Waals surface area contributed by atoms with Gasteiger partial charge in [-0.15, -0.1) is 0 Å². The number of allylic oxidation sites excluding steroid dienone is 1. The third kappa shape index (κ3) is 5.23. The van der Waals surface area contributed by atoms with Crippen LogP contribution in [-0.2, 0) is 12.2 Å². The number of rotatable bonds is 6. The Hall–Kier alpha value is -3.24. The van der Waals surface area contributed by atoms with Gasteiger partial charge in [-0.1, -0.05) is 6.92 Å². The van der Waals surface area contributed by atoms with Gasteiger partial charge in [-0.05, 0) is 61.0 Å². The van der Waals surface area contributed by atoms with Crippen molar-refractivity contribution in [1.82, 2.24) is 19.5 Å². The van der Waals surface area contributed by atoms with Crippen LogP contribution in [0.25, 0.3) is 5.70 Å². The van der Waals surface area contributed by atoms with E-state index in [4.69, 9.17) is 4.74 Å². The first-order chi connectivity index (χ1) is 16.6. The Morgan fingerprint density at radius 2 is 2.06 bits per heavy atom. The van der Waals surface area contributed by atoms with E-state index in [1.165, 1.54) is 18.3 Å². The normalized spacial score (nSPS) is 16.0. The molecule has 3 aromatic rings. The van der Waals surface area contributed by atoms with Crippen LogP contribution < -0.4 is 10.3 Å². The maximum Gasteiger partial charge on any atom is 0.273 e. The smallest absolute Gasteiger partial charge is 0.273 e. The molecule has 1 N–H and O–H groups in total. The van der Waals surface area contributed by atoms with E-state index >= 15 is 0 Å². The summed E-state index contributed by atoms with van der Waals surface area (Å²) in [6.45, 7) is 7.38. The number of dihydropyridines is 1. The molecule has 1 aliphatic rings. The molecule has 4 heterocycles. The second-order valence-electron chi connectivity index (χ2n) is 8.85. The van der Waals surface area contributed by atoms with Gasteiger partial charge in [-0.25, -0.2) is 14.4 Å². The zero-order valence-electron chi connectivity index (χ0n) is 19.8. The Balaban J connectivity index is 1.69. The largest absolute Gasteiger partial charge is 0.486 e. The van der Waals surface area contributed by atoms with Crippen molar-refractivity contribution in [2.24, 2.45) is 10.9 Å². The number of pyridine rings is 2. The van der Waals surface area contributed by atoms with Crippen molar-refractivity contribution >= 4 is 27.3 Å². The van der Waals surface area contributed by atoms with Gasteiger partial charge in [0.1, 0.15) is 33.9 Å². The third-order valence-corrected chi connectivity index (χ3v) is 6.28. The third-order valence-electron chi connectivity index (χ3n) is 5.55. The molecular weight excluding hydrogens is 517 g/mol. The maximum absolute atomic E-state index is 13.9. The zero-order chi connectivity index (χ0) is 25.3. The number of aliphatic imine (C=N–C) groups is 1. The van der Waals surface area contributed by atoms with Crippen molar-refractivity contribution < 1.29 is 14.2 Å². The van der Waals surface area contributed by atoms with Crippen molar-refractivity contribution in [1.29, 1.82) is 0 Å². The molecule has 0 saturated heterocycles. The van der Waals surface area contributed by atoms with Crippen LogP contribution in [0.4, 0.5) is 4.39 Å². The van der Waals surface area contributed by atoms with E-state index in [9.17, 15) is 14.3 Å². The van der Waals surface area contributed by atoms with Gasteiger partial charge in [0.15, 0.2) is 5.82 Å². The highest BCUT2D eigenvalue weighted by Crippen LogP contribution is 2.28. The van der Waals surface area contributed by atoms with E-state index in [0.29, 0.717) is 29.4 Å². The summed E-state index contributed by atoms with van der Waals surface area (Å²) in [4.78, 5) is 30.6. The van der Waals surface area contributed by atoms with Crippen LogP contribution in [0.3, 0.4) is 0 Å². The molecule has 0 fully saturated rings. The minimum Gasteiger partial charge on any atom is -0.486 e. The Kier molecular flexibility index (Phi) is 6.95. The van der Waals surface area contributed by atoms with Gasteiger partial charge in [0, 0.05) is 42.3 Å². The molecule has 35 heavy (non-hydrogen) atoms. The van der Waals surface area contributed by atoms with Gasteiger partial charge >= 0.3 is 0 Å². The summed E-state index contributed by atoms with van der Waals surface area (Å²) in [7, 11) is 0. The summed E-state index contributed by atoms with van der Waals surface area (Å²) in [5.74, 6) is 0.0803. The van der Waals surface area contributed by atoms with E-state index in [1.807, 2.05) is 13.0 Å². The summed E-state index contributed by atoms with van der Waals surface area (Å²) in [6, 6.07) is 6.26. The SMILES string of the molecule is Cc1cc(OCc2ncccc2F)c(Br)c(=O)n1C1=CC(c2ccnc(C(C)(C)O)n2)=NC[C@H]1C. The second kappa shape index (κ2) is 9.79. The van der Waals surface area contributed by atoms with Gasteiger partial charge in [-0.3, -0.25) is 19.3 Å². The average Bonchev–Trinajstić information content (AvgIpc) is 2.82. The van der Waals surface area contributed by atoms with Gasteiger partial charge in [0.2, 0.25) is 0 Å². The fourth-order valence-electron chi connectivity index (χ4n) is 3.67. The molecule has 0 aromatic carbocycles. The molecule has 0 aliphatic carbocycles. The number of hydrogen-bond acceptors (Lipinski definition) is 7. The molecule has 0 radical (unpaired) electrons. The number of ether oxygens (including phenoxy) is 1. The van der Waals surface area contributed by atoms with Crippen molar-refractivity contribution in [3.63, 3.8) is 0 Å². The lowest BCUT2D eigenvalue weighted by molar-refractivity contribution is 0.0686. The molecule has 0 amide bonds. The molecule has 182 valence electrons. The van der Waals surface area contributed by atoms with Gasteiger partial charge in [-0.2, -0.15) is 0 Å². The van der Waals surface area contributed by atoms with Crippen LogP contribution in [-0.4, -0.2) is 36.9 Å². The standard InChI is InChI=1S/C25H25BrFN5O3/c1-14-12-30-18(17-7-9-29-24(31-17)25(3,4)34)11-20(14)32-15(2)10-21(22(26)23(32)33)35-13-19-16(27)6-5-8-28-19/h5-11,14,34H,12-13H2,1-4H3/t14-/m1/s1. The highest BCUT2D eigenvalue weighted by molar-refractivity contribution is 9.10. The molecule has 4 rings (SSSR count). The van der Waals surface area contributed by atoms with E-state index in [1.54, 1.807) is 43.7 Å². The fourth-order valence-corrected chi connectivity index (χ4v) is 4.08. The number of aliphatic hydroxyl groups is 1. The minimum atomic E-state index is -1.20. The topological polar surface area (TPSA) is 102 Å². The summed E-state index contributed by atoms with van der Waals surface area (Å²) < 4.78 is 21.5. The van der Waals surface area contributed by atoms with Crippen LogP contribution in [0.2, 0.25) is 0 Å². The van der Waals surface area contributed by atoms with Gasteiger partial charge < -0.3 is 9.84 Å². The zero-order valence-corrected chi connectivity index (χ0v) is 21.4. The predicted molar refractivity (Wildman–Crippen MR) is 134 cm³/mol. The van der Waals surface area contributed by atoms with Crippen molar-refractivity contribution in [3.8, 4) is 5.75 Å². The first kappa shape index (κ1) is 24.9. The number of hydrogen-bond donors (Lipinski definition) is 1. The van der Waals surface area contributed by atoms with Crippen LogP contribution in [0.1, 0.15) is 43.7 Å². The minimum absolute atomic E-state index is 0.0352. The molecule has 3 aromatic heterocycles. The number of aromatic nitrogens is 4. The Morgan fingerprint density at radius 1 is 1.29 bits per heavy atom. The van der Waals surface area contributed by atoms with E-state index in [0.717, 1.165) is 5.70 Å².